The number of nitrogens with zero attached hydrogens (tertiary/aromatic N) is 1. The van der Waals surface area contributed by atoms with E-state index in [1.807, 2.05) is 24.3 Å². The standard InChI is InChI=1S/C20H29N3O3/c1-26-18-6-4-16(5-7-18)13-23-14-17(11-19(23)24)20(25)22-10-8-15-3-2-9-21-12-15/h4-7,15,17,21H,2-3,8-14H2,1H3,(H,22,25). The molecule has 1 aromatic carbocycles. The van der Waals surface area contributed by atoms with Gasteiger partial charge in [-0.05, 0) is 56.0 Å². The van der Waals surface area contributed by atoms with Crippen LogP contribution >= 0.6 is 0 Å². The average Bonchev–Trinajstić information content (AvgIpc) is 3.04. The Balaban J connectivity index is 1.43. The molecule has 2 atom stereocenters. The zero-order chi connectivity index (χ0) is 18.4. The monoisotopic (exact) mass is 359 g/mol. The van der Waals surface area contributed by atoms with Crippen LogP contribution in [0.15, 0.2) is 24.3 Å². The molecule has 0 bridgehead atoms. The minimum atomic E-state index is -0.231. The van der Waals surface area contributed by atoms with E-state index in [1.165, 1.54) is 12.8 Å². The number of ether oxygens (including phenoxy) is 1. The van der Waals surface area contributed by atoms with Crippen LogP contribution in [0.3, 0.4) is 0 Å². The zero-order valence-corrected chi connectivity index (χ0v) is 15.5. The fourth-order valence-corrected chi connectivity index (χ4v) is 3.77. The third-order valence-corrected chi connectivity index (χ3v) is 5.37. The lowest BCUT2D eigenvalue weighted by molar-refractivity contribution is -0.129. The number of hydrogen-bond acceptors (Lipinski definition) is 4. The summed E-state index contributed by atoms with van der Waals surface area (Å²) in [5.74, 6) is 1.29. The van der Waals surface area contributed by atoms with Gasteiger partial charge in [0.05, 0.1) is 13.0 Å². The van der Waals surface area contributed by atoms with E-state index in [0.29, 0.717) is 32.0 Å². The van der Waals surface area contributed by atoms with Gasteiger partial charge in [-0.1, -0.05) is 12.1 Å². The molecule has 142 valence electrons. The summed E-state index contributed by atoms with van der Waals surface area (Å²) in [5.41, 5.74) is 1.05. The van der Waals surface area contributed by atoms with Crippen molar-refractivity contribution in [3.8, 4) is 5.75 Å². The minimum Gasteiger partial charge on any atom is -0.497 e. The Hall–Kier alpha value is -2.08. The van der Waals surface area contributed by atoms with Crippen molar-refractivity contribution < 1.29 is 14.3 Å². The molecule has 2 heterocycles. The zero-order valence-electron chi connectivity index (χ0n) is 15.5. The maximum atomic E-state index is 12.4. The fourth-order valence-electron chi connectivity index (χ4n) is 3.77. The van der Waals surface area contributed by atoms with E-state index in [2.05, 4.69) is 10.6 Å². The molecule has 2 unspecified atom stereocenters. The Morgan fingerprint density at radius 2 is 2.15 bits per heavy atom. The van der Waals surface area contributed by atoms with Gasteiger partial charge in [0.25, 0.3) is 0 Å². The number of benzene rings is 1. The van der Waals surface area contributed by atoms with Gasteiger partial charge in [-0.25, -0.2) is 0 Å². The number of hydrogen-bond donors (Lipinski definition) is 2. The van der Waals surface area contributed by atoms with Gasteiger partial charge in [0.1, 0.15) is 5.75 Å². The number of rotatable bonds is 7. The SMILES string of the molecule is COc1ccc(CN2CC(C(=O)NCCC3CCCNC3)CC2=O)cc1. The number of likely N-dealkylation sites (tertiary alicyclic amines) is 1. The number of methoxy groups -OCH3 is 1. The van der Waals surface area contributed by atoms with Crippen LogP contribution in [0.1, 0.15) is 31.2 Å². The highest BCUT2D eigenvalue weighted by molar-refractivity contribution is 5.89. The normalized spacial score (nSPS) is 23.1. The predicted octanol–water partition coefficient (Wildman–Crippen LogP) is 1.55. The number of carbonyl (C=O) groups is 2. The summed E-state index contributed by atoms with van der Waals surface area (Å²) in [6.45, 7) is 3.90. The second-order valence-corrected chi connectivity index (χ2v) is 7.32. The van der Waals surface area contributed by atoms with Crippen LogP contribution in [0.4, 0.5) is 0 Å². The lowest BCUT2D eigenvalue weighted by atomic mass is 9.96. The molecular formula is C20H29N3O3. The summed E-state index contributed by atoms with van der Waals surface area (Å²) >= 11 is 0. The lowest BCUT2D eigenvalue weighted by Crippen LogP contribution is -2.36. The molecule has 26 heavy (non-hydrogen) atoms. The Morgan fingerprint density at radius 3 is 2.85 bits per heavy atom. The molecule has 0 radical (unpaired) electrons. The van der Waals surface area contributed by atoms with Crippen LogP contribution in [0.2, 0.25) is 0 Å². The highest BCUT2D eigenvalue weighted by Gasteiger charge is 2.34. The Bertz CT molecular complexity index is 611. The molecule has 2 fully saturated rings. The highest BCUT2D eigenvalue weighted by atomic mass is 16.5. The van der Waals surface area contributed by atoms with Crippen LogP contribution in [0.25, 0.3) is 0 Å². The first-order valence-electron chi connectivity index (χ1n) is 9.55. The topological polar surface area (TPSA) is 70.7 Å². The van der Waals surface area contributed by atoms with Crippen LogP contribution in [-0.2, 0) is 16.1 Å². The van der Waals surface area contributed by atoms with E-state index in [-0.39, 0.29) is 17.7 Å². The van der Waals surface area contributed by atoms with Gasteiger partial charge in [-0.2, -0.15) is 0 Å². The quantitative estimate of drug-likeness (QED) is 0.775. The summed E-state index contributed by atoms with van der Waals surface area (Å²) in [5, 5.41) is 6.43. The van der Waals surface area contributed by atoms with E-state index < -0.39 is 0 Å². The van der Waals surface area contributed by atoms with Gasteiger partial charge in [0.2, 0.25) is 11.8 Å². The van der Waals surface area contributed by atoms with Crippen molar-refractivity contribution in [2.24, 2.45) is 11.8 Å². The van der Waals surface area contributed by atoms with Crippen molar-refractivity contribution in [3.63, 3.8) is 0 Å². The third kappa shape index (κ3) is 4.97. The van der Waals surface area contributed by atoms with Crippen molar-refractivity contribution in [2.75, 3.05) is 33.3 Å². The van der Waals surface area contributed by atoms with Crippen molar-refractivity contribution >= 4 is 11.8 Å². The first-order chi connectivity index (χ1) is 12.7. The van der Waals surface area contributed by atoms with Crippen molar-refractivity contribution in [3.05, 3.63) is 29.8 Å². The van der Waals surface area contributed by atoms with Gasteiger partial charge >= 0.3 is 0 Å². The van der Waals surface area contributed by atoms with Crippen LogP contribution < -0.4 is 15.4 Å². The van der Waals surface area contributed by atoms with E-state index >= 15 is 0 Å². The van der Waals surface area contributed by atoms with E-state index in [9.17, 15) is 9.59 Å². The lowest BCUT2D eigenvalue weighted by Gasteiger charge is -2.23. The summed E-state index contributed by atoms with van der Waals surface area (Å²) in [7, 11) is 1.63. The summed E-state index contributed by atoms with van der Waals surface area (Å²) in [6, 6.07) is 7.69. The third-order valence-electron chi connectivity index (χ3n) is 5.37. The fraction of sp³-hybridized carbons (Fsp3) is 0.600. The average molecular weight is 359 g/mol. The molecule has 2 saturated heterocycles. The van der Waals surface area contributed by atoms with Crippen LogP contribution in [-0.4, -0.2) is 50.0 Å². The molecule has 0 saturated carbocycles. The van der Waals surface area contributed by atoms with E-state index in [4.69, 9.17) is 4.74 Å². The molecule has 2 amide bonds. The molecule has 2 aliphatic heterocycles. The molecule has 2 aliphatic rings. The summed E-state index contributed by atoms with van der Waals surface area (Å²) < 4.78 is 5.15. The van der Waals surface area contributed by atoms with Crippen LogP contribution in [0.5, 0.6) is 5.75 Å². The number of amides is 2. The Labute approximate surface area is 155 Å². The van der Waals surface area contributed by atoms with Gasteiger partial charge in [-0.15, -0.1) is 0 Å². The molecule has 1 aromatic rings. The van der Waals surface area contributed by atoms with Gasteiger partial charge < -0.3 is 20.3 Å². The van der Waals surface area contributed by atoms with E-state index in [0.717, 1.165) is 30.8 Å². The second-order valence-electron chi connectivity index (χ2n) is 7.32. The maximum absolute atomic E-state index is 12.4. The van der Waals surface area contributed by atoms with Crippen LogP contribution in [0, 0.1) is 11.8 Å². The van der Waals surface area contributed by atoms with Crippen molar-refractivity contribution in [2.45, 2.75) is 32.2 Å². The van der Waals surface area contributed by atoms with E-state index in [1.54, 1.807) is 12.0 Å². The van der Waals surface area contributed by atoms with Crippen molar-refractivity contribution in [1.29, 1.82) is 0 Å². The number of nitrogens with one attached hydrogen (secondary N) is 2. The molecule has 6 heteroatoms. The Kier molecular flexibility index (Phi) is 6.50. The second kappa shape index (κ2) is 9.03. The molecule has 6 nitrogen and oxygen atoms in total. The largest absolute Gasteiger partial charge is 0.497 e. The van der Waals surface area contributed by atoms with Crippen molar-refractivity contribution in [1.82, 2.24) is 15.5 Å². The highest BCUT2D eigenvalue weighted by Crippen LogP contribution is 2.21. The number of carbonyl (C=O) groups excluding carboxylic acids is 2. The molecule has 2 N–H and O–H groups in total. The summed E-state index contributed by atoms with van der Waals surface area (Å²) in [4.78, 5) is 26.4. The van der Waals surface area contributed by atoms with Gasteiger partial charge in [0.15, 0.2) is 0 Å². The predicted molar refractivity (Wildman–Crippen MR) is 99.7 cm³/mol. The number of piperidine rings is 1. The molecule has 0 aliphatic carbocycles. The minimum absolute atomic E-state index is 0.0133. The smallest absolute Gasteiger partial charge is 0.225 e. The first-order valence-corrected chi connectivity index (χ1v) is 9.55. The molecule has 0 aromatic heterocycles. The Morgan fingerprint density at radius 1 is 1.35 bits per heavy atom. The molecule has 3 rings (SSSR count). The van der Waals surface area contributed by atoms with Gasteiger partial charge in [0, 0.05) is 26.1 Å². The molecule has 0 spiro atoms. The first kappa shape index (κ1) is 18.7. The maximum Gasteiger partial charge on any atom is 0.225 e. The summed E-state index contributed by atoms with van der Waals surface area (Å²) in [6.07, 6.45) is 3.78. The van der Waals surface area contributed by atoms with Gasteiger partial charge in [-0.3, -0.25) is 9.59 Å². The molecular weight excluding hydrogens is 330 g/mol.